The summed E-state index contributed by atoms with van der Waals surface area (Å²) in [7, 11) is 0. The number of allylic oxidation sites excluding steroid dienone is 4. The van der Waals surface area contributed by atoms with Crippen molar-refractivity contribution in [2.45, 2.75) is 18.3 Å². The molecule has 3 heteroatoms. The summed E-state index contributed by atoms with van der Waals surface area (Å²) in [5.74, 6) is 1.61. The highest BCUT2D eigenvalue weighted by atomic mass is 79.9. The predicted octanol–water partition coefficient (Wildman–Crippen LogP) is 8.03. The highest BCUT2D eigenvalue weighted by Gasteiger charge is 2.52. The monoisotopic (exact) mass is 487 g/mol. The van der Waals surface area contributed by atoms with Crippen LogP contribution >= 0.6 is 15.9 Å². The molecule has 156 valence electrons. The molecule has 2 nitrogen and oxygen atoms in total. The molecule has 2 aliphatic carbocycles. The average Bonchev–Trinajstić information content (AvgIpc) is 3.12. The van der Waals surface area contributed by atoms with Gasteiger partial charge in [0.1, 0.15) is 11.5 Å². The van der Waals surface area contributed by atoms with Crippen molar-refractivity contribution in [2.75, 3.05) is 0 Å². The topological polar surface area (TPSA) is 33.0 Å². The normalized spacial score (nSPS) is 19.5. The van der Waals surface area contributed by atoms with Crippen molar-refractivity contribution < 1.29 is 4.74 Å². The van der Waals surface area contributed by atoms with Gasteiger partial charge in [0, 0.05) is 15.6 Å². The molecular formula is C30H18BrNO. The lowest BCUT2D eigenvalue weighted by Crippen LogP contribution is -2.33. The number of nitrogens with zero attached hydrogens (tertiary/aromatic N) is 1. The highest BCUT2D eigenvalue weighted by Crippen LogP contribution is 2.63. The van der Waals surface area contributed by atoms with E-state index in [1.807, 2.05) is 12.1 Å². The van der Waals surface area contributed by atoms with Gasteiger partial charge < -0.3 is 4.74 Å². The van der Waals surface area contributed by atoms with Crippen molar-refractivity contribution >= 4 is 32.3 Å². The third-order valence-corrected chi connectivity index (χ3v) is 7.78. The molecule has 1 aliphatic heterocycles. The minimum absolute atomic E-state index is 0.433. The van der Waals surface area contributed by atoms with Crippen LogP contribution in [0.15, 0.2) is 95.0 Å². The van der Waals surface area contributed by atoms with Gasteiger partial charge in [-0.3, -0.25) is 0 Å². The van der Waals surface area contributed by atoms with Gasteiger partial charge in [0.15, 0.2) is 0 Å². The van der Waals surface area contributed by atoms with Gasteiger partial charge in [0.2, 0.25) is 0 Å². The molecule has 0 saturated carbocycles. The number of hydrogen-bond acceptors (Lipinski definition) is 2. The fourth-order valence-electron chi connectivity index (χ4n) is 6.00. The zero-order valence-corrected chi connectivity index (χ0v) is 19.3. The second kappa shape index (κ2) is 6.70. The van der Waals surface area contributed by atoms with Gasteiger partial charge in [-0.1, -0.05) is 64.5 Å². The average molecular weight is 488 g/mol. The van der Waals surface area contributed by atoms with Crippen LogP contribution in [0, 0.1) is 11.3 Å². The van der Waals surface area contributed by atoms with Gasteiger partial charge in [0.25, 0.3) is 0 Å². The molecular weight excluding hydrogens is 470 g/mol. The number of nitriles is 1. The largest absolute Gasteiger partial charge is 0.457 e. The fourth-order valence-corrected chi connectivity index (χ4v) is 6.34. The van der Waals surface area contributed by atoms with Crippen molar-refractivity contribution in [3.05, 3.63) is 123 Å². The summed E-state index contributed by atoms with van der Waals surface area (Å²) >= 11 is 3.63. The molecule has 7 rings (SSSR count). The Morgan fingerprint density at radius 3 is 2.42 bits per heavy atom. The molecule has 33 heavy (non-hydrogen) atoms. The lowest BCUT2D eigenvalue weighted by atomic mass is 9.64. The predicted molar refractivity (Wildman–Crippen MR) is 134 cm³/mol. The van der Waals surface area contributed by atoms with E-state index in [4.69, 9.17) is 4.74 Å². The molecule has 1 heterocycles. The van der Waals surface area contributed by atoms with E-state index < -0.39 is 5.41 Å². The number of hydrogen-bond donors (Lipinski definition) is 0. The Bertz CT molecular complexity index is 1620. The number of rotatable bonds is 0. The molecule has 4 aromatic rings. The van der Waals surface area contributed by atoms with Gasteiger partial charge in [-0.2, -0.15) is 5.26 Å². The maximum atomic E-state index is 9.57. The SMILES string of the molecule is N#Cc1ccc2c(c1)Oc1cc(Br)ccc1C21C2=C(C=CCC2)c2cc3ccccc3cc21. The van der Waals surface area contributed by atoms with Crippen molar-refractivity contribution in [3.63, 3.8) is 0 Å². The van der Waals surface area contributed by atoms with E-state index in [9.17, 15) is 5.26 Å². The summed E-state index contributed by atoms with van der Waals surface area (Å²) in [4.78, 5) is 0. The van der Waals surface area contributed by atoms with E-state index in [2.05, 4.69) is 94.8 Å². The first-order chi connectivity index (χ1) is 16.2. The number of ether oxygens (including phenoxy) is 1. The van der Waals surface area contributed by atoms with Gasteiger partial charge in [-0.05, 0) is 82.3 Å². The lowest BCUT2D eigenvalue weighted by Gasteiger charge is -2.41. The van der Waals surface area contributed by atoms with Gasteiger partial charge in [-0.15, -0.1) is 0 Å². The number of fused-ring (bicyclic) bond motifs is 9. The van der Waals surface area contributed by atoms with Crippen molar-refractivity contribution in [1.29, 1.82) is 5.26 Å². The Kier molecular flexibility index (Phi) is 3.84. The van der Waals surface area contributed by atoms with Gasteiger partial charge in [0.05, 0.1) is 17.0 Å². The van der Waals surface area contributed by atoms with E-state index in [1.54, 1.807) is 0 Å². The van der Waals surface area contributed by atoms with Crippen LogP contribution in [0.4, 0.5) is 0 Å². The zero-order chi connectivity index (χ0) is 22.2. The van der Waals surface area contributed by atoms with E-state index >= 15 is 0 Å². The van der Waals surface area contributed by atoms with Crippen molar-refractivity contribution in [1.82, 2.24) is 0 Å². The molecule has 0 radical (unpaired) electrons. The molecule has 1 spiro atoms. The first kappa shape index (κ1) is 18.9. The van der Waals surface area contributed by atoms with Crippen molar-refractivity contribution in [3.8, 4) is 17.6 Å². The summed E-state index contributed by atoms with van der Waals surface area (Å²) in [6.07, 6.45) is 6.61. The molecule has 1 unspecified atom stereocenters. The van der Waals surface area contributed by atoms with Gasteiger partial charge in [-0.25, -0.2) is 0 Å². The van der Waals surface area contributed by atoms with E-state index in [1.165, 1.54) is 38.6 Å². The zero-order valence-electron chi connectivity index (χ0n) is 17.7. The summed E-state index contributed by atoms with van der Waals surface area (Å²) in [6, 6.07) is 27.9. The standard InChI is InChI=1S/C30H18BrNO/c31-21-10-12-26-29(16-21)33-28-13-18(17-32)9-11-25(28)30(26)24-8-4-3-7-22(24)23-14-19-5-1-2-6-20(19)15-27(23)30/h1-3,5-7,9-16H,4,8H2. The maximum absolute atomic E-state index is 9.57. The maximum Gasteiger partial charge on any atom is 0.133 e. The Balaban J connectivity index is 1.68. The van der Waals surface area contributed by atoms with Crippen LogP contribution in [0.1, 0.15) is 40.7 Å². The lowest BCUT2D eigenvalue weighted by molar-refractivity contribution is 0.431. The highest BCUT2D eigenvalue weighted by molar-refractivity contribution is 9.10. The Labute approximate surface area is 200 Å². The fraction of sp³-hybridized carbons (Fsp3) is 0.100. The summed E-state index contributed by atoms with van der Waals surface area (Å²) < 4.78 is 7.43. The first-order valence-corrected chi connectivity index (χ1v) is 12.0. The van der Waals surface area contributed by atoms with Crippen LogP contribution in [0.3, 0.4) is 0 Å². The number of halogens is 1. The van der Waals surface area contributed by atoms with Crippen LogP contribution in [0.2, 0.25) is 0 Å². The molecule has 4 aromatic carbocycles. The molecule has 0 fully saturated rings. The van der Waals surface area contributed by atoms with Gasteiger partial charge >= 0.3 is 0 Å². The third-order valence-electron chi connectivity index (χ3n) is 7.29. The minimum Gasteiger partial charge on any atom is -0.457 e. The molecule has 3 aliphatic rings. The third kappa shape index (κ3) is 2.42. The second-order valence-corrected chi connectivity index (χ2v) is 9.81. The Morgan fingerprint density at radius 1 is 0.848 bits per heavy atom. The number of benzene rings is 4. The molecule has 1 atom stereocenters. The second-order valence-electron chi connectivity index (χ2n) is 8.89. The quantitative estimate of drug-likeness (QED) is 0.251. The first-order valence-electron chi connectivity index (χ1n) is 11.2. The Morgan fingerprint density at radius 2 is 1.61 bits per heavy atom. The Hall–Kier alpha value is -3.61. The van der Waals surface area contributed by atoms with Crippen LogP contribution in [0.5, 0.6) is 11.5 Å². The van der Waals surface area contributed by atoms with Crippen LogP contribution in [-0.2, 0) is 5.41 Å². The molecule has 0 aromatic heterocycles. The summed E-state index contributed by atoms with van der Waals surface area (Å²) in [5.41, 5.74) is 7.81. The minimum atomic E-state index is -0.433. The van der Waals surface area contributed by atoms with Crippen LogP contribution in [0.25, 0.3) is 16.3 Å². The molecule has 0 amide bonds. The van der Waals surface area contributed by atoms with Crippen molar-refractivity contribution in [2.24, 2.45) is 0 Å². The molecule has 0 N–H and O–H groups in total. The van der Waals surface area contributed by atoms with E-state index in [0.717, 1.165) is 34.4 Å². The van der Waals surface area contributed by atoms with E-state index in [0.29, 0.717) is 5.56 Å². The smallest absolute Gasteiger partial charge is 0.133 e. The van der Waals surface area contributed by atoms with Crippen LogP contribution in [-0.4, -0.2) is 0 Å². The molecule has 0 saturated heterocycles. The summed E-state index contributed by atoms with van der Waals surface area (Å²) in [6.45, 7) is 0. The summed E-state index contributed by atoms with van der Waals surface area (Å²) in [5, 5.41) is 12.1. The van der Waals surface area contributed by atoms with Crippen LogP contribution < -0.4 is 4.74 Å². The molecule has 0 bridgehead atoms. The van der Waals surface area contributed by atoms with E-state index in [-0.39, 0.29) is 0 Å².